The lowest BCUT2D eigenvalue weighted by Gasteiger charge is -2.26. The van der Waals surface area contributed by atoms with Gasteiger partial charge in [0.2, 0.25) is 12.7 Å². The summed E-state index contributed by atoms with van der Waals surface area (Å²) in [7, 11) is 0. The summed E-state index contributed by atoms with van der Waals surface area (Å²) in [6, 6.07) is 13.4. The maximum Gasteiger partial charge on any atom is 0.244 e. The third-order valence-corrected chi connectivity index (χ3v) is 4.97. The largest absolute Gasteiger partial charge is 0.492 e. The van der Waals surface area contributed by atoms with E-state index in [0.29, 0.717) is 18.9 Å². The van der Waals surface area contributed by atoms with E-state index in [1.807, 2.05) is 42.5 Å². The fraction of sp³-hybridized carbons (Fsp3) is 0.348. The van der Waals surface area contributed by atoms with Crippen LogP contribution in [0.25, 0.3) is 6.08 Å². The third-order valence-electron chi connectivity index (χ3n) is 4.97. The molecule has 2 heterocycles. The Morgan fingerprint density at radius 3 is 2.87 bits per heavy atom. The van der Waals surface area contributed by atoms with Crippen LogP contribution in [-0.4, -0.2) is 57.1 Å². The van der Waals surface area contributed by atoms with Gasteiger partial charge in [-0.3, -0.25) is 9.69 Å². The summed E-state index contributed by atoms with van der Waals surface area (Å²) in [5.41, 5.74) is 1.87. The van der Waals surface area contributed by atoms with Crippen molar-refractivity contribution in [2.75, 3.05) is 46.2 Å². The minimum Gasteiger partial charge on any atom is -0.492 e. The van der Waals surface area contributed by atoms with Gasteiger partial charge in [0.05, 0.1) is 13.2 Å². The van der Waals surface area contributed by atoms with Gasteiger partial charge in [-0.2, -0.15) is 0 Å². The molecule has 0 saturated carbocycles. The Kier molecular flexibility index (Phi) is 6.84. The molecule has 7 nitrogen and oxygen atoms in total. The molecule has 1 saturated heterocycles. The lowest BCUT2D eigenvalue weighted by Crippen LogP contribution is -2.38. The molecule has 30 heavy (non-hydrogen) atoms. The number of amides is 1. The molecular weight excluding hydrogens is 384 g/mol. The van der Waals surface area contributed by atoms with Crippen LogP contribution in [0.4, 0.5) is 0 Å². The van der Waals surface area contributed by atoms with Crippen LogP contribution in [0.5, 0.6) is 17.2 Å². The second kappa shape index (κ2) is 10.1. The molecule has 0 bridgehead atoms. The van der Waals surface area contributed by atoms with E-state index in [-0.39, 0.29) is 12.7 Å². The van der Waals surface area contributed by atoms with Gasteiger partial charge in [0.1, 0.15) is 12.4 Å². The zero-order valence-corrected chi connectivity index (χ0v) is 16.8. The highest BCUT2D eigenvalue weighted by Crippen LogP contribution is 2.32. The van der Waals surface area contributed by atoms with Crippen molar-refractivity contribution in [3.63, 3.8) is 0 Å². The second-order valence-electron chi connectivity index (χ2n) is 7.11. The van der Waals surface area contributed by atoms with Crippen LogP contribution >= 0.6 is 0 Å². The second-order valence-corrected chi connectivity index (χ2v) is 7.11. The highest BCUT2D eigenvalue weighted by molar-refractivity contribution is 5.91. The minimum absolute atomic E-state index is 0.161. The van der Waals surface area contributed by atoms with Crippen LogP contribution in [-0.2, 0) is 16.1 Å². The van der Waals surface area contributed by atoms with Crippen molar-refractivity contribution in [3.8, 4) is 17.2 Å². The molecule has 2 aliphatic heterocycles. The Hall–Kier alpha value is -3.03. The maximum absolute atomic E-state index is 12.2. The normalized spacial score (nSPS) is 16.0. The zero-order valence-electron chi connectivity index (χ0n) is 16.8. The number of benzene rings is 2. The molecule has 2 aliphatic rings. The van der Waals surface area contributed by atoms with Gasteiger partial charge in [0.15, 0.2) is 11.5 Å². The molecule has 0 aliphatic carbocycles. The average molecular weight is 410 g/mol. The number of nitrogens with zero attached hydrogens (tertiary/aromatic N) is 1. The first-order valence-corrected chi connectivity index (χ1v) is 10.1. The van der Waals surface area contributed by atoms with Crippen molar-refractivity contribution in [1.82, 2.24) is 10.2 Å². The number of morpholine rings is 1. The molecule has 0 atom stereocenters. The van der Waals surface area contributed by atoms with E-state index < -0.39 is 0 Å². The van der Waals surface area contributed by atoms with Gasteiger partial charge in [-0.05, 0) is 41.5 Å². The Morgan fingerprint density at radius 2 is 1.97 bits per heavy atom. The first kappa shape index (κ1) is 20.3. The molecule has 0 aromatic heterocycles. The van der Waals surface area contributed by atoms with E-state index in [9.17, 15) is 4.79 Å². The number of carbonyl (C=O) groups excluding carboxylic acids is 1. The van der Waals surface area contributed by atoms with Gasteiger partial charge < -0.3 is 24.3 Å². The summed E-state index contributed by atoms with van der Waals surface area (Å²) in [5.74, 6) is 2.07. The van der Waals surface area contributed by atoms with E-state index in [1.165, 1.54) is 6.08 Å². The topological polar surface area (TPSA) is 69.3 Å². The van der Waals surface area contributed by atoms with Gasteiger partial charge in [0, 0.05) is 32.3 Å². The van der Waals surface area contributed by atoms with Crippen molar-refractivity contribution >= 4 is 12.0 Å². The van der Waals surface area contributed by atoms with Crippen molar-refractivity contribution < 1.29 is 23.7 Å². The maximum atomic E-state index is 12.2. The van der Waals surface area contributed by atoms with Crippen LogP contribution < -0.4 is 19.5 Å². The summed E-state index contributed by atoms with van der Waals surface area (Å²) in [4.78, 5) is 14.5. The van der Waals surface area contributed by atoms with E-state index in [2.05, 4.69) is 10.2 Å². The number of nitrogens with one attached hydrogen (secondary N) is 1. The van der Waals surface area contributed by atoms with E-state index in [0.717, 1.165) is 55.5 Å². The lowest BCUT2D eigenvalue weighted by molar-refractivity contribution is -0.116. The number of hydrogen-bond donors (Lipinski definition) is 1. The summed E-state index contributed by atoms with van der Waals surface area (Å²) >= 11 is 0. The van der Waals surface area contributed by atoms with Gasteiger partial charge >= 0.3 is 0 Å². The summed E-state index contributed by atoms with van der Waals surface area (Å²) in [6.07, 6.45) is 3.27. The Bertz CT molecular complexity index is 893. The van der Waals surface area contributed by atoms with Crippen LogP contribution in [0.1, 0.15) is 11.1 Å². The van der Waals surface area contributed by atoms with E-state index >= 15 is 0 Å². The zero-order chi connectivity index (χ0) is 20.6. The number of carbonyl (C=O) groups is 1. The molecular formula is C23H26N2O5. The fourth-order valence-electron chi connectivity index (χ4n) is 3.30. The summed E-state index contributed by atoms with van der Waals surface area (Å²) in [6.45, 7) is 5.67. The molecule has 1 N–H and O–H groups in total. The average Bonchev–Trinajstić information content (AvgIpc) is 3.25. The Balaban J connectivity index is 1.22. The van der Waals surface area contributed by atoms with Crippen molar-refractivity contribution in [2.24, 2.45) is 0 Å². The Labute approximate surface area is 176 Å². The van der Waals surface area contributed by atoms with Crippen LogP contribution in [0.15, 0.2) is 48.5 Å². The third kappa shape index (κ3) is 5.75. The minimum atomic E-state index is -0.161. The fourth-order valence-corrected chi connectivity index (χ4v) is 3.30. The molecule has 0 spiro atoms. The van der Waals surface area contributed by atoms with Crippen molar-refractivity contribution in [2.45, 2.75) is 6.54 Å². The quantitative estimate of drug-likeness (QED) is 0.675. The first-order valence-electron chi connectivity index (χ1n) is 10.1. The van der Waals surface area contributed by atoms with Gasteiger partial charge in [0.25, 0.3) is 0 Å². The van der Waals surface area contributed by atoms with Gasteiger partial charge in [-0.25, -0.2) is 0 Å². The highest BCUT2D eigenvalue weighted by Gasteiger charge is 2.12. The predicted octanol–water partition coefficient (Wildman–Crippen LogP) is 2.46. The molecule has 1 fully saturated rings. The predicted molar refractivity (Wildman–Crippen MR) is 113 cm³/mol. The van der Waals surface area contributed by atoms with E-state index in [4.69, 9.17) is 18.9 Å². The molecule has 2 aromatic rings. The summed E-state index contributed by atoms with van der Waals surface area (Å²) in [5, 5.41) is 2.90. The van der Waals surface area contributed by atoms with Crippen LogP contribution in [0, 0.1) is 0 Å². The molecule has 7 heteroatoms. The number of ether oxygens (including phenoxy) is 4. The van der Waals surface area contributed by atoms with Crippen molar-refractivity contribution in [1.29, 1.82) is 0 Å². The molecule has 0 radical (unpaired) electrons. The Morgan fingerprint density at radius 1 is 1.10 bits per heavy atom. The highest BCUT2D eigenvalue weighted by atomic mass is 16.7. The monoisotopic (exact) mass is 410 g/mol. The first-order chi connectivity index (χ1) is 14.8. The van der Waals surface area contributed by atoms with Crippen LogP contribution in [0.3, 0.4) is 0 Å². The lowest BCUT2D eigenvalue weighted by atomic mass is 10.2. The molecule has 158 valence electrons. The van der Waals surface area contributed by atoms with Gasteiger partial charge in [-0.1, -0.05) is 18.2 Å². The van der Waals surface area contributed by atoms with Crippen molar-refractivity contribution in [3.05, 3.63) is 59.7 Å². The number of fused-ring (bicyclic) bond motifs is 1. The molecule has 0 unspecified atom stereocenters. The molecule has 4 rings (SSSR count). The van der Waals surface area contributed by atoms with E-state index in [1.54, 1.807) is 6.08 Å². The number of hydrogen-bond acceptors (Lipinski definition) is 6. The smallest absolute Gasteiger partial charge is 0.244 e. The number of rotatable bonds is 8. The molecule has 2 aromatic carbocycles. The SMILES string of the molecule is O=C(/C=C/c1ccc2c(c1)OCO2)NCc1cccc(OCCN2CCOCC2)c1. The van der Waals surface area contributed by atoms with Crippen LogP contribution in [0.2, 0.25) is 0 Å². The molecule has 1 amide bonds. The van der Waals surface area contributed by atoms with Gasteiger partial charge in [-0.15, -0.1) is 0 Å². The standard InChI is InChI=1S/C23H26N2O5/c26-23(7-5-18-4-6-21-22(15-18)30-17-29-21)24-16-19-2-1-3-20(14-19)28-13-10-25-8-11-27-12-9-25/h1-7,14-15H,8-13,16-17H2,(H,24,26)/b7-5+. The summed E-state index contributed by atoms with van der Waals surface area (Å²) < 4.78 is 21.9.